The van der Waals surface area contributed by atoms with Crippen molar-refractivity contribution in [3.63, 3.8) is 0 Å². The number of aromatic nitrogens is 1. The van der Waals surface area contributed by atoms with Crippen LogP contribution in [-0.2, 0) is 4.79 Å². The van der Waals surface area contributed by atoms with Crippen molar-refractivity contribution in [2.24, 2.45) is 17.8 Å². The first-order valence-electron chi connectivity index (χ1n) is 9.97. The topological polar surface area (TPSA) is 45.2 Å². The van der Waals surface area contributed by atoms with Crippen LogP contribution in [0.4, 0.5) is 4.39 Å². The molecule has 1 N–H and O–H groups in total. The fourth-order valence-electron chi connectivity index (χ4n) is 4.47. The van der Waals surface area contributed by atoms with E-state index in [4.69, 9.17) is 0 Å². The molecule has 4 atom stereocenters. The van der Waals surface area contributed by atoms with Gasteiger partial charge in [-0.3, -0.25) is 14.7 Å². The zero-order valence-electron chi connectivity index (χ0n) is 16.1. The Morgan fingerprint density at radius 3 is 2.86 bits per heavy atom. The predicted molar refractivity (Wildman–Crippen MR) is 108 cm³/mol. The molecule has 1 amide bonds. The molecule has 4 nitrogen and oxygen atoms in total. The second kappa shape index (κ2) is 8.23. The lowest BCUT2D eigenvalue weighted by atomic mass is 10.1. The molecule has 28 heavy (non-hydrogen) atoms. The van der Waals surface area contributed by atoms with Crippen LogP contribution < -0.4 is 5.32 Å². The number of carbonyl (C=O) groups excluding carboxylic acids is 1. The molecule has 1 aliphatic carbocycles. The monoisotopic (exact) mass is 379 g/mol. The summed E-state index contributed by atoms with van der Waals surface area (Å²) in [5, 5.41) is 2.98. The standard InChI is InChI=1S/C23H26FN3O/c1-16(18-5-2-6-19(24)12-18)27-14-21-20(22(21)15-27)9-11-26-23(28)8-7-17-4-3-10-25-13-17/h2-8,10,12-13,16,20-22H,9,11,14-15H2,1H3,(H,26,28)/b8-7+/t16?,20-,21-,22+. The average Bonchev–Trinajstić information content (AvgIpc) is 3.15. The van der Waals surface area contributed by atoms with E-state index in [1.54, 1.807) is 36.7 Å². The minimum atomic E-state index is -0.167. The molecule has 1 saturated heterocycles. The minimum Gasteiger partial charge on any atom is -0.353 e. The fraction of sp³-hybridized carbons (Fsp3) is 0.391. The molecule has 1 unspecified atom stereocenters. The number of rotatable bonds is 7. The zero-order chi connectivity index (χ0) is 19.5. The van der Waals surface area contributed by atoms with Crippen molar-refractivity contribution in [2.45, 2.75) is 19.4 Å². The van der Waals surface area contributed by atoms with E-state index in [9.17, 15) is 9.18 Å². The molecule has 1 saturated carbocycles. The Kier molecular flexibility index (Phi) is 5.53. The van der Waals surface area contributed by atoms with Crippen molar-refractivity contribution in [1.29, 1.82) is 0 Å². The Morgan fingerprint density at radius 1 is 1.32 bits per heavy atom. The first kappa shape index (κ1) is 18.8. The summed E-state index contributed by atoms with van der Waals surface area (Å²) in [5.74, 6) is 1.92. The zero-order valence-corrected chi connectivity index (χ0v) is 16.1. The normalized spacial score (nSPS) is 24.9. The van der Waals surface area contributed by atoms with E-state index in [-0.39, 0.29) is 17.8 Å². The maximum atomic E-state index is 13.5. The van der Waals surface area contributed by atoms with Crippen molar-refractivity contribution in [1.82, 2.24) is 15.2 Å². The Bertz CT molecular complexity index is 842. The van der Waals surface area contributed by atoms with Gasteiger partial charge < -0.3 is 5.32 Å². The average molecular weight is 379 g/mol. The van der Waals surface area contributed by atoms with Crippen molar-refractivity contribution in [3.8, 4) is 0 Å². The molecule has 1 aromatic heterocycles. The number of likely N-dealkylation sites (tertiary alicyclic amines) is 1. The number of hydrogen-bond acceptors (Lipinski definition) is 3. The third kappa shape index (κ3) is 4.30. The third-order valence-electron chi connectivity index (χ3n) is 6.17. The number of hydrogen-bond donors (Lipinski definition) is 1. The molecule has 4 rings (SSSR count). The van der Waals surface area contributed by atoms with Crippen molar-refractivity contribution in [2.75, 3.05) is 19.6 Å². The Balaban J connectivity index is 1.18. The van der Waals surface area contributed by atoms with Gasteiger partial charge in [-0.2, -0.15) is 0 Å². The Hall–Kier alpha value is -2.53. The highest BCUT2D eigenvalue weighted by Crippen LogP contribution is 2.54. The van der Waals surface area contributed by atoms with Crippen LogP contribution in [0.1, 0.15) is 30.5 Å². The van der Waals surface area contributed by atoms with Crippen LogP contribution in [0.5, 0.6) is 0 Å². The fourth-order valence-corrected chi connectivity index (χ4v) is 4.47. The summed E-state index contributed by atoms with van der Waals surface area (Å²) in [4.78, 5) is 18.4. The highest BCUT2D eigenvalue weighted by atomic mass is 19.1. The van der Waals surface area contributed by atoms with Gasteiger partial charge in [0.25, 0.3) is 0 Å². The van der Waals surface area contributed by atoms with E-state index in [1.807, 2.05) is 18.2 Å². The first-order chi connectivity index (χ1) is 13.6. The van der Waals surface area contributed by atoms with Crippen LogP contribution in [0, 0.1) is 23.6 Å². The van der Waals surface area contributed by atoms with Crippen molar-refractivity contribution >= 4 is 12.0 Å². The molecule has 1 aromatic carbocycles. The molecule has 1 aliphatic heterocycles. The van der Waals surface area contributed by atoms with Gasteiger partial charge >= 0.3 is 0 Å². The number of benzene rings is 1. The molecule has 0 spiro atoms. The van der Waals surface area contributed by atoms with Gasteiger partial charge in [-0.1, -0.05) is 18.2 Å². The maximum Gasteiger partial charge on any atom is 0.244 e. The number of amides is 1. The van der Waals surface area contributed by atoms with E-state index in [1.165, 1.54) is 6.07 Å². The van der Waals surface area contributed by atoms with Crippen LogP contribution >= 0.6 is 0 Å². The van der Waals surface area contributed by atoms with Gasteiger partial charge in [-0.15, -0.1) is 0 Å². The molecule has 146 valence electrons. The third-order valence-corrected chi connectivity index (χ3v) is 6.17. The molecule has 2 aliphatic rings. The molecule has 5 heteroatoms. The molecule has 0 radical (unpaired) electrons. The number of pyridine rings is 1. The van der Waals surface area contributed by atoms with E-state index in [0.717, 1.165) is 42.5 Å². The predicted octanol–water partition coefficient (Wildman–Crippen LogP) is 3.68. The first-order valence-corrected chi connectivity index (χ1v) is 9.97. The quantitative estimate of drug-likeness (QED) is 0.747. The van der Waals surface area contributed by atoms with Gasteiger partial charge in [0, 0.05) is 44.1 Å². The van der Waals surface area contributed by atoms with Gasteiger partial charge in [0.1, 0.15) is 5.82 Å². The number of halogens is 1. The van der Waals surface area contributed by atoms with E-state index in [0.29, 0.717) is 12.5 Å². The molecule has 0 bridgehead atoms. The van der Waals surface area contributed by atoms with Gasteiger partial charge in [0.05, 0.1) is 0 Å². The molecular formula is C23H26FN3O. The van der Waals surface area contributed by atoms with Crippen LogP contribution in [0.3, 0.4) is 0 Å². The lowest BCUT2D eigenvalue weighted by Gasteiger charge is -2.27. The second-order valence-corrected chi connectivity index (χ2v) is 7.88. The number of fused-ring (bicyclic) bond motifs is 1. The smallest absolute Gasteiger partial charge is 0.244 e. The van der Waals surface area contributed by atoms with Crippen LogP contribution in [0.15, 0.2) is 54.9 Å². The van der Waals surface area contributed by atoms with Crippen LogP contribution in [0.25, 0.3) is 6.08 Å². The summed E-state index contributed by atoms with van der Waals surface area (Å²) >= 11 is 0. The van der Waals surface area contributed by atoms with Crippen LogP contribution in [-0.4, -0.2) is 35.4 Å². The summed E-state index contributed by atoms with van der Waals surface area (Å²) in [6, 6.07) is 10.9. The highest BCUT2D eigenvalue weighted by molar-refractivity contribution is 5.91. The van der Waals surface area contributed by atoms with E-state index >= 15 is 0 Å². The van der Waals surface area contributed by atoms with Gasteiger partial charge in [-0.25, -0.2) is 4.39 Å². The minimum absolute atomic E-state index is 0.0592. The van der Waals surface area contributed by atoms with Gasteiger partial charge in [-0.05, 0) is 66.5 Å². The van der Waals surface area contributed by atoms with Gasteiger partial charge in [0.15, 0.2) is 0 Å². The van der Waals surface area contributed by atoms with Gasteiger partial charge in [0.2, 0.25) is 5.91 Å². The van der Waals surface area contributed by atoms with Crippen molar-refractivity contribution in [3.05, 3.63) is 71.8 Å². The number of carbonyl (C=O) groups is 1. The Morgan fingerprint density at radius 2 is 2.14 bits per heavy atom. The van der Waals surface area contributed by atoms with Crippen LogP contribution in [0.2, 0.25) is 0 Å². The molecule has 2 aromatic rings. The lowest BCUT2D eigenvalue weighted by Crippen LogP contribution is -2.29. The van der Waals surface area contributed by atoms with Crippen molar-refractivity contribution < 1.29 is 9.18 Å². The molecule has 2 fully saturated rings. The largest absolute Gasteiger partial charge is 0.353 e. The lowest BCUT2D eigenvalue weighted by molar-refractivity contribution is -0.116. The summed E-state index contributed by atoms with van der Waals surface area (Å²) in [6.45, 7) is 5.01. The molecular weight excluding hydrogens is 353 g/mol. The highest BCUT2D eigenvalue weighted by Gasteiger charge is 2.55. The number of nitrogens with zero attached hydrogens (tertiary/aromatic N) is 2. The Labute approximate surface area is 165 Å². The summed E-state index contributed by atoms with van der Waals surface area (Å²) < 4.78 is 13.5. The summed E-state index contributed by atoms with van der Waals surface area (Å²) in [7, 11) is 0. The van der Waals surface area contributed by atoms with E-state index < -0.39 is 0 Å². The molecule has 2 heterocycles. The number of nitrogens with one attached hydrogen (secondary N) is 1. The summed E-state index contributed by atoms with van der Waals surface area (Å²) in [6.07, 6.45) is 7.81. The number of piperidine rings is 1. The van der Waals surface area contributed by atoms with E-state index in [2.05, 4.69) is 22.1 Å². The second-order valence-electron chi connectivity index (χ2n) is 7.88. The maximum absolute atomic E-state index is 13.5. The summed E-state index contributed by atoms with van der Waals surface area (Å²) in [5.41, 5.74) is 1.97. The SMILES string of the molecule is CC(c1cccc(F)c1)N1C[C@@H]2[C@@H](CCNC(=O)/C=C/c3cccnc3)[C@@H]2C1.